The molecular weight excluding hydrogens is 316 g/mol. The second kappa shape index (κ2) is 5.49. The minimum Gasteiger partial charge on any atom is -0.222 e. The van der Waals surface area contributed by atoms with Gasteiger partial charge in [0.1, 0.15) is 22.7 Å². The van der Waals surface area contributed by atoms with Gasteiger partial charge in [0.05, 0.1) is 0 Å². The summed E-state index contributed by atoms with van der Waals surface area (Å²) in [4.78, 5) is 3.35. The number of alkyl halides is 2. The molecule has 2 aromatic carbocycles. The Kier molecular flexibility index (Phi) is 3.66. The molecule has 3 aromatic rings. The fourth-order valence-corrected chi connectivity index (χ4v) is 2.55. The molecule has 22 heavy (non-hydrogen) atoms. The first-order valence-electron chi connectivity index (χ1n) is 6.20. The van der Waals surface area contributed by atoms with E-state index in [0.717, 1.165) is 17.6 Å². The van der Waals surface area contributed by atoms with E-state index in [9.17, 15) is 17.6 Å². The van der Waals surface area contributed by atoms with Crippen LogP contribution in [0.5, 0.6) is 0 Å². The Hall–Kier alpha value is -2.28. The van der Waals surface area contributed by atoms with Crippen LogP contribution in [0.4, 0.5) is 17.6 Å². The van der Waals surface area contributed by atoms with Crippen LogP contribution in [0.2, 0.25) is 0 Å². The number of rotatable bonds is 3. The molecule has 0 amide bonds. The normalized spacial score (nSPS) is 11.6. The molecule has 0 aliphatic heterocycles. The molecule has 0 atom stereocenters. The van der Waals surface area contributed by atoms with Crippen LogP contribution in [0.1, 0.15) is 11.4 Å². The Morgan fingerprint density at radius 1 is 0.909 bits per heavy atom. The SMILES string of the molecule is Fc1cc(-c2ccccc2)cc(F)c1C(F)(F)c1ncsn1. The Labute approximate surface area is 127 Å². The Morgan fingerprint density at radius 2 is 1.55 bits per heavy atom. The molecule has 0 fully saturated rings. The highest BCUT2D eigenvalue weighted by atomic mass is 32.1. The molecule has 0 aliphatic rings. The van der Waals surface area contributed by atoms with Crippen molar-refractivity contribution in [2.24, 2.45) is 0 Å². The van der Waals surface area contributed by atoms with Gasteiger partial charge in [-0.15, -0.1) is 0 Å². The molecule has 7 heteroatoms. The monoisotopic (exact) mass is 324 g/mol. The quantitative estimate of drug-likeness (QED) is 0.657. The summed E-state index contributed by atoms with van der Waals surface area (Å²) >= 11 is 0.687. The van der Waals surface area contributed by atoms with Crippen LogP contribution in [-0.4, -0.2) is 9.36 Å². The fourth-order valence-electron chi connectivity index (χ4n) is 2.09. The summed E-state index contributed by atoms with van der Waals surface area (Å²) in [5.41, 5.74) is 0.450. The second-order valence-corrected chi connectivity index (χ2v) is 5.11. The Bertz CT molecular complexity index is 766. The molecule has 0 N–H and O–H groups in total. The van der Waals surface area contributed by atoms with Gasteiger partial charge in [0.15, 0.2) is 0 Å². The van der Waals surface area contributed by atoms with Crippen molar-refractivity contribution in [2.75, 3.05) is 0 Å². The number of benzene rings is 2. The maximum absolute atomic E-state index is 14.2. The van der Waals surface area contributed by atoms with Crippen LogP contribution in [0.3, 0.4) is 0 Å². The third-order valence-corrected chi connectivity index (χ3v) is 3.58. The zero-order valence-corrected chi connectivity index (χ0v) is 11.7. The van der Waals surface area contributed by atoms with Gasteiger partial charge in [0.25, 0.3) is 0 Å². The van der Waals surface area contributed by atoms with Gasteiger partial charge in [-0.25, -0.2) is 13.8 Å². The average molecular weight is 324 g/mol. The van der Waals surface area contributed by atoms with Crippen molar-refractivity contribution in [3.63, 3.8) is 0 Å². The molecule has 0 bridgehead atoms. The van der Waals surface area contributed by atoms with Crippen molar-refractivity contribution in [2.45, 2.75) is 5.92 Å². The number of halogens is 4. The van der Waals surface area contributed by atoms with Gasteiger partial charge < -0.3 is 0 Å². The molecule has 0 aliphatic carbocycles. The van der Waals surface area contributed by atoms with Crippen molar-refractivity contribution < 1.29 is 17.6 Å². The summed E-state index contributed by atoms with van der Waals surface area (Å²) in [5, 5.41) is 0. The standard InChI is InChI=1S/C15H8F4N2S/c16-11-6-10(9-4-2-1-3-5-9)7-12(17)13(11)15(18,19)14-20-8-22-21-14/h1-8H. The van der Waals surface area contributed by atoms with E-state index in [0.29, 0.717) is 17.1 Å². The number of hydrogen-bond acceptors (Lipinski definition) is 3. The molecule has 112 valence electrons. The molecule has 3 rings (SSSR count). The minimum absolute atomic E-state index is 0.182. The summed E-state index contributed by atoms with van der Waals surface area (Å²) in [6, 6.07) is 10.1. The van der Waals surface area contributed by atoms with Crippen LogP contribution in [-0.2, 0) is 5.92 Å². The molecule has 1 heterocycles. The lowest BCUT2D eigenvalue weighted by Gasteiger charge is -2.16. The molecule has 0 saturated heterocycles. The van der Waals surface area contributed by atoms with Crippen LogP contribution in [0.25, 0.3) is 11.1 Å². The largest absolute Gasteiger partial charge is 0.338 e. The first kappa shape index (κ1) is 14.6. The van der Waals surface area contributed by atoms with E-state index >= 15 is 0 Å². The lowest BCUT2D eigenvalue weighted by atomic mass is 9.99. The van der Waals surface area contributed by atoms with E-state index in [1.54, 1.807) is 30.3 Å². The van der Waals surface area contributed by atoms with E-state index < -0.39 is 28.9 Å². The summed E-state index contributed by atoms with van der Waals surface area (Å²) in [5.74, 6) is -7.51. The van der Waals surface area contributed by atoms with Crippen molar-refractivity contribution in [3.8, 4) is 11.1 Å². The lowest BCUT2D eigenvalue weighted by molar-refractivity contribution is 0.0263. The lowest BCUT2D eigenvalue weighted by Crippen LogP contribution is -2.21. The number of nitrogens with zero attached hydrogens (tertiary/aromatic N) is 2. The van der Waals surface area contributed by atoms with Crippen molar-refractivity contribution in [1.29, 1.82) is 0 Å². The molecule has 0 radical (unpaired) electrons. The van der Waals surface area contributed by atoms with Crippen molar-refractivity contribution in [1.82, 2.24) is 9.36 Å². The van der Waals surface area contributed by atoms with Gasteiger partial charge in [0, 0.05) is 0 Å². The van der Waals surface area contributed by atoms with Crippen molar-refractivity contribution >= 4 is 11.5 Å². The van der Waals surface area contributed by atoms with Crippen LogP contribution < -0.4 is 0 Å². The third kappa shape index (κ3) is 2.48. The maximum atomic E-state index is 14.2. The van der Waals surface area contributed by atoms with E-state index in [4.69, 9.17) is 0 Å². The molecular formula is C15H8F4N2S. The average Bonchev–Trinajstić information content (AvgIpc) is 3.02. The highest BCUT2D eigenvalue weighted by Gasteiger charge is 2.43. The first-order chi connectivity index (χ1) is 10.5. The van der Waals surface area contributed by atoms with Crippen molar-refractivity contribution in [3.05, 3.63) is 71.0 Å². The predicted octanol–water partition coefficient (Wildman–Crippen LogP) is 4.62. The van der Waals surface area contributed by atoms with E-state index in [1.807, 2.05) is 0 Å². The van der Waals surface area contributed by atoms with Gasteiger partial charge in [-0.3, -0.25) is 0 Å². The number of aromatic nitrogens is 2. The first-order valence-corrected chi connectivity index (χ1v) is 7.03. The van der Waals surface area contributed by atoms with E-state index in [1.165, 1.54) is 0 Å². The Morgan fingerprint density at radius 3 is 2.09 bits per heavy atom. The van der Waals surface area contributed by atoms with Crippen LogP contribution in [0.15, 0.2) is 48.0 Å². The fraction of sp³-hybridized carbons (Fsp3) is 0.0667. The maximum Gasteiger partial charge on any atom is 0.338 e. The van der Waals surface area contributed by atoms with E-state index in [-0.39, 0.29) is 5.56 Å². The topological polar surface area (TPSA) is 25.8 Å². The smallest absolute Gasteiger partial charge is 0.222 e. The van der Waals surface area contributed by atoms with Gasteiger partial charge in [-0.1, -0.05) is 30.3 Å². The Balaban J connectivity index is 2.12. The highest BCUT2D eigenvalue weighted by Crippen LogP contribution is 2.38. The van der Waals surface area contributed by atoms with Gasteiger partial charge >= 0.3 is 5.92 Å². The van der Waals surface area contributed by atoms with Crippen LogP contribution in [0, 0.1) is 11.6 Å². The zero-order valence-electron chi connectivity index (χ0n) is 10.9. The molecule has 0 spiro atoms. The third-order valence-electron chi connectivity index (χ3n) is 3.11. The van der Waals surface area contributed by atoms with Crippen LogP contribution >= 0.6 is 11.5 Å². The summed E-state index contributed by atoms with van der Waals surface area (Å²) in [6.07, 6.45) is 0. The molecule has 0 saturated carbocycles. The molecule has 2 nitrogen and oxygen atoms in total. The summed E-state index contributed by atoms with van der Waals surface area (Å²) in [7, 11) is 0. The second-order valence-electron chi connectivity index (χ2n) is 4.51. The van der Waals surface area contributed by atoms with Gasteiger partial charge in [-0.2, -0.15) is 13.2 Å². The molecule has 1 aromatic heterocycles. The summed E-state index contributed by atoms with van der Waals surface area (Å²) in [6.45, 7) is 0. The van der Waals surface area contributed by atoms with Gasteiger partial charge in [0.2, 0.25) is 5.82 Å². The molecule has 0 unspecified atom stereocenters. The number of hydrogen-bond donors (Lipinski definition) is 0. The minimum atomic E-state index is -3.93. The van der Waals surface area contributed by atoms with E-state index in [2.05, 4.69) is 9.36 Å². The summed E-state index contributed by atoms with van der Waals surface area (Å²) < 4.78 is 60.0. The predicted molar refractivity (Wildman–Crippen MR) is 74.7 cm³/mol. The highest BCUT2D eigenvalue weighted by molar-refractivity contribution is 7.03. The zero-order chi connectivity index (χ0) is 15.7. The van der Waals surface area contributed by atoms with Gasteiger partial charge in [-0.05, 0) is 34.8 Å².